The summed E-state index contributed by atoms with van der Waals surface area (Å²) in [4.78, 5) is 17.4. The summed E-state index contributed by atoms with van der Waals surface area (Å²) in [5.41, 5.74) is 8.65. The molecule has 0 bridgehead atoms. The molecule has 1 aromatic carbocycles. The second kappa shape index (κ2) is 9.90. The lowest BCUT2D eigenvalue weighted by atomic mass is 9.82. The van der Waals surface area contributed by atoms with Gasteiger partial charge >= 0.3 is 5.97 Å². The van der Waals surface area contributed by atoms with Crippen molar-refractivity contribution in [2.45, 2.75) is 48.9 Å². The van der Waals surface area contributed by atoms with Crippen molar-refractivity contribution in [1.29, 1.82) is 0 Å². The first-order valence-corrected chi connectivity index (χ1v) is 12.4. The number of carboxylic acid groups (broad SMARTS) is 1. The monoisotopic (exact) mass is 482 g/mol. The highest BCUT2D eigenvalue weighted by molar-refractivity contribution is 7.92. The third kappa shape index (κ3) is 5.26. The van der Waals surface area contributed by atoms with E-state index in [1.807, 2.05) is 24.3 Å². The fourth-order valence-corrected chi connectivity index (χ4v) is 5.11. The molecular weight excluding hydrogens is 452 g/mol. The molecule has 34 heavy (non-hydrogen) atoms. The van der Waals surface area contributed by atoms with E-state index in [0.717, 1.165) is 17.5 Å². The molecule has 8 nitrogen and oxygen atoms in total. The van der Waals surface area contributed by atoms with Crippen LogP contribution in [0.25, 0.3) is 0 Å². The van der Waals surface area contributed by atoms with Gasteiger partial charge < -0.3 is 16.2 Å². The number of carbonyl (C=O) groups is 1. The predicted octanol–water partition coefficient (Wildman–Crippen LogP) is 3.49. The first-order valence-electron chi connectivity index (χ1n) is 11.0. The van der Waals surface area contributed by atoms with E-state index < -0.39 is 20.7 Å². The number of hydrogen-bond donors (Lipinski definition) is 3. The second-order valence-corrected chi connectivity index (χ2v) is 11.0. The number of aromatic nitrogens is 2. The van der Waals surface area contributed by atoms with Gasteiger partial charge in [-0.2, -0.15) is 0 Å². The number of anilines is 1. The van der Waals surface area contributed by atoms with Gasteiger partial charge in [0.25, 0.3) is 0 Å². The Labute approximate surface area is 200 Å². The summed E-state index contributed by atoms with van der Waals surface area (Å²) in [6.07, 6.45) is 2.31. The highest BCUT2D eigenvalue weighted by atomic mass is 32.2. The third-order valence-electron chi connectivity index (χ3n) is 6.08. The van der Waals surface area contributed by atoms with Crippen molar-refractivity contribution in [3.63, 3.8) is 0 Å². The lowest BCUT2D eigenvalue weighted by molar-refractivity contribution is -0.134. The van der Waals surface area contributed by atoms with Crippen molar-refractivity contribution < 1.29 is 18.3 Å². The van der Waals surface area contributed by atoms with E-state index >= 15 is 0 Å². The summed E-state index contributed by atoms with van der Waals surface area (Å²) in [5, 5.41) is 11.5. The van der Waals surface area contributed by atoms with Gasteiger partial charge in [-0.3, -0.25) is 4.79 Å². The zero-order chi connectivity index (χ0) is 25.0. The van der Waals surface area contributed by atoms with Gasteiger partial charge in [-0.15, -0.1) is 0 Å². The van der Waals surface area contributed by atoms with Crippen LogP contribution in [0.1, 0.15) is 44.0 Å². The number of rotatable bonds is 10. The molecule has 3 aromatic rings. The topological polar surface area (TPSA) is 135 Å². The van der Waals surface area contributed by atoms with E-state index in [9.17, 15) is 13.2 Å². The zero-order valence-electron chi connectivity index (χ0n) is 19.5. The molecule has 9 heteroatoms. The van der Waals surface area contributed by atoms with Gasteiger partial charge in [-0.05, 0) is 47.2 Å². The smallest absolute Gasteiger partial charge is 0.322 e. The molecule has 2 heterocycles. The van der Waals surface area contributed by atoms with Crippen LogP contribution in [0.4, 0.5) is 5.82 Å². The first kappa shape index (κ1) is 25.3. The zero-order valence-corrected chi connectivity index (χ0v) is 20.3. The van der Waals surface area contributed by atoms with Crippen molar-refractivity contribution in [2.75, 3.05) is 11.9 Å². The molecule has 0 aliphatic carbocycles. The van der Waals surface area contributed by atoms with Crippen LogP contribution < -0.4 is 11.1 Å². The molecule has 0 aliphatic rings. The predicted molar refractivity (Wildman–Crippen MR) is 131 cm³/mol. The summed E-state index contributed by atoms with van der Waals surface area (Å²) in [6, 6.07) is 17.0. The molecule has 2 aromatic heterocycles. The molecule has 0 aliphatic heterocycles. The van der Waals surface area contributed by atoms with Crippen LogP contribution >= 0.6 is 0 Å². The van der Waals surface area contributed by atoms with Crippen molar-refractivity contribution in [3.05, 3.63) is 83.7 Å². The number of benzene rings is 1. The molecule has 0 spiro atoms. The maximum absolute atomic E-state index is 13.8. The maximum atomic E-state index is 13.8. The molecule has 0 saturated carbocycles. The van der Waals surface area contributed by atoms with E-state index in [-0.39, 0.29) is 34.9 Å². The minimum atomic E-state index is -4.18. The number of nitrogens with two attached hydrogens (primary N) is 1. The van der Waals surface area contributed by atoms with Crippen LogP contribution in [0.3, 0.4) is 0 Å². The summed E-state index contributed by atoms with van der Waals surface area (Å²) in [5.74, 6) is -0.853. The van der Waals surface area contributed by atoms with E-state index in [0.29, 0.717) is 0 Å². The van der Waals surface area contributed by atoms with E-state index in [1.165, 1.54) is 18.3 Å². The number of nitrogens with zero attached hydrogens (tertiary/aromatic N) is 2. The average Bonchev–Trinajstić information content (AvgIpc) is 2.83. The fraction of sp³-hybridized carbons (Fsp3) is 0.320. The van der Waals surface area contributed by atoms with Gasteiger partial charge in [0.05, 0.1) is 5.69 Å². The van der Waals surface area contributed by atoms with Crippen LogP contribution in [-0.4, -0.2) is 36.0 Å². The van der Waals surface area contributed by atoms with E-state index in [2.05, 4.69) is 36.1 Å². The molecule has 0 fully saturated rings. The third-order valence-corrected chi connectivity index (χ3v) is 8.19. The van der Waals surface area contributed by atoms with Crippen molar-refractivity contribution >= 4 is 21.6 Å². The van der Waals surface area contributed by atoms with Crippen LogP contribution in [0.2, 0.25) is 0 Å². The van der Waals surface area contributed by atoms with Crippen LogP contribution in [0, 0.1) is 0 Å². The maximum Gasteiger partial charge on any atom is 0.322 e. The molecule has 0 radical (unpaired) electrons. The van der Waals surface area contributed by atoms with Crippen molar-refractivity contribution in [3.8, 4) is 0 Å². The molecule has 1 atom stereocenters. The molecule has 4 N–H and O–H groups in total. The highest BCUT2D eigenvalue weighted by Gasteiger charge is 2.45. The lowest BCUT2D eigenvalue weighted by Crippen LogP contribution is -2.47. The van der Waals surface area contributed by atoms with Gasteiger partial charge in [0.15, 0.2) is 9.90 Å². The largest absolute Gasteiger partial charge is 0.480 e. The molecule has 180 valence electrons. The van der Waals surface area contributed by atoms with Crippen LogP contribution in [-0.2, 0) is 31.3 Å². The summed E-state index contributed by atoms with van der Waals surface area (Å²) < 4.78 is 27.5. The Bertz CT molecular complexity index is 1250. The highest BCUT2D eigenvalue weighted by Crippen LogP contribution is 2.34. The Morgan fingerprint density at radius 1 is 1.06 bits per heavy atom. The van der Waals surface area contributed by atoms with Gasteiger partial charge in [0, 0.05) is 12.6 Å². The standard InChI is InChI=1S/C25H30N4O4S/c1-4-24(2,3)19-13-11-18(12-14-19)16-25(26,34(32,33)22-10-5-6-15-27-22)20-8-7-9-21(29-20)28-17-23(30)31/h5-15H,4,16-17,26H2,1-3H3,(H,28,29)(H,30,31). The molecule has 1 unspecified atom stereocenters. The van der Waals surface area contributed by atoms with Gasteiger partial charge in [-0.1, -0.05) is 57.2 Å². The average molecular weight is 483 g/mol. The van der Waals surface area contributed by atoms with E-state index in [4.69, 9.17) is 10.8 Å². The van der Waals surface area contributed by atoms with Gasteiger partial charge in [0.1, 0.15) is 12.4 Å². The number of aliphatic carboxylic acids is 1. The SMILES string of the molecule is CCC(C)(C)c1ccc(CC(N)(c2cccc(NCC(=O)O)n2)S(=O)(=O)c2ccccn2)cc1. The summed E-state index contributed by atoms with van der Waals surface area (Å²) >= 11 is 0. The number of carboxylic acids is 1. The van der Waals surface area contributed by atoms with Crippen LogP contribution in [0.5, 0.6) is 0 Å². The summed E-state index contributed by atoms with van der Waals surface area (Å²) in [7, 11) is -4.18. The number of nitrogens with one attached hydrogen (secondary N) is 1. The molecule has 0 saturated heterocycles. The minimum Gasteiger partial charge on any atom is -0.480 e. The van der Waals surface area contributed by atoms with Crippen molar-refractivity contribution in [2.24, 2.45) is 5.73 Å². The normalized spacial score (nSPS) is 13.8. The Hall–Kier alpha value is -3.30. The first-order chi connectivity index (χ1) is 16.0. The van der Waals surface area contributed by atoms with Gasteiger partial charge in [-0.25, -0.2) is 18.4 Å². The van der Waals surface area contributed by atoms with E-state index in [1.54, 1.807) is 24.3 Å². The molecular formula is C25H30N4O4S. The minimum absolute atomic E-state index is 0.00986. The number of hydrogen-bond acceptors (Lipinski definition) is 7. The Morgan fingerprint density at radius 2 is 1.76 bits per heavy atom. The Kier molecular flexibility index (Phi) is 7.38. The number of sulfone groups is 1. The second-order valence-electron chi connectivity index (χ2n) is 8.83. The lowest BCUT2D eigenvalue weighted by Gasteiger charge is -2.29. The molecule has 3 rings (SSSR count). The number of pyridine rings is 2. The Balaban J connectivity index is 2.08. The fourth-order valence-electron chi connectivity index (χ4n) is 3.53. The van der Waals surface area contributed by atoms with Crippen LogP contribution in [0.15, 0.2) is 71.9 Å². The molecule has 0 amide bonds. The quantitative estimate of drug-likeness (QED) is 0.400. The van der Waals surface area contributed by atoms with Crippen molar-refractivity contribution in [1.82, 2.24) is 9.97 Å². The van der Waals surface area contributed by atoms with Gasteiger partial charge in [0.2, 0.25) is 9.84 Å². The summed E-state index contributed by atoms with van der Waals surface area (Å²) in [6.45, 7) is 6.06. The Morgan fingerprint density at radius 3 is 2.35 bits per heavy atom.